The van der Waals surface area contributed by atoms with E-state index in [1.54, 1.807) is 11.6 Å². The van der Waals surface area contributed by atoms with E-state index in [9.17, 15) is 4.79 Å². The van der Waals surface area contributed by atoms with Crippen molar-refractivity contribution >= 4 is 28.4 Å². The summed E-state index contributed by atoms with van der Waals surface area (Å²) in [6, 6.07) is 19.9. The van der Waals surface area contributed by atoms with Crippen molar-refractivity contribution < 1.29 is 4.79 Å². The van der Waals surface area contributed by atoms with E-state index in [2.05, 4.69) is 39.4 Å². The van der Waals surface area contributed by atoms with Crippen molar-refractivity contribution in [2.75, 3.05) is 6.54 Å². The minimum Gasteiger partial charge on any atom is -0.352 e. The number of aryl methyl sites for hydroxylation is 2. The molecule has 0 atom stereocenters. The summed E-state index contributed by atoms with van der Waals surface area (Å²) < 4.78 is 3.80. The number of hydrogen-bond donors (Lipinski definition) is 1. The Labute approximate surface area is 168 Å². The zero-order valence-electron chi connectivity index (χ0n) is 15.6. The Kier molecular flexibility index (Phi) is 5.17. The third kappa shape index (κ3) is 3.53. The lowest BCUT2D eigenvalue weighted by Crippen LogP contribution is -2.25. The number of fused-ring (bicyclic) bond motifs is 1. The number of nitrogens with one attached hydrogen (secondary N) is 1. The predicted octanol–water partition coefficient (Wildman–Crippen LogP) is 4.61. The highest BCUT2D eigenvalue weighted by Crippen LogP contribution is 2.23. The smallest absolute Gasteiger partial charge is 0.256 e. The number of aromatic nitrogens is 3. The summed E-state index contributed by atoms with van der Waals surface area (Å²) >= 11 is 6.45. The Morgan fingerprint density at radius 1 is 1.07 bits per heavy atom. The SMILES string of the molecule is Cc1nn(-c2ccccc2)c(Cl)c1C(=O)NCCCn1ccc2ccccc21. The fourth-order valence-corrected chi connectivity index (χ4v) is 3.73. The number of nitrogens with zero attached hydrogens (tertiary/aromatic N) is 3. The van der Waals surface area contributed by atoms with Crippen LogP contribution in [0.3, 0.4) is 0 Å². The quantitative estimate of drug-likeness (QED) is 0.487. The average Bonchev–Trinajstić information content (AvgIpc) is 3.26. The van der Waals surface area contributed by atoms with Gasteiger partial charge in [0.15, 0.2) is 0 Å². The number of rotatable bonds is 6. The molecule has 0 aliphatic carbocycles. The first-order valence-corrected chi connectivity index (χ1v) is 9.65. The molecule has 142 valence electrons. The number of carbonyl (C=O) groups is 1. The first-order valence-electron chi connectivity index (χ1n) is 9.28. The maximum atomic E-state index is 12.6. The fraction of sp³-hybridized carbons (Fsp3) is 0.182. The Balaban J connectivity index is 1.40. The van der Waals surface area contributed by atoms with Gasteiger partial charge < -0.3 is 9.88 Å². The molecule has 4 aromatic rings. The second-order valence-corrected chi connectivity index (χ2v) is 7.03. The second kappa shape index (κ2) is 7.90. The molecule has 0 unspecified atom stereocenters. The number of carbonyl (C=O) groups excluding carboxylic acids is 1. The lowest BCUT2D eigenvalue weighted by Gasteiger charge is -2.08. The molecule has 28 heavy (non-hydrogen) atoms. The topological polar surface area (TPSA) is 51.9 Å². The monoisotopic (exact) mass is 392 g/mol. The summed E-state index contributed by atoms with van der Waals surface area (Å²) in [6.07, 6.45) is 2.91. The molecule has 1 N–H and O–H groups in total. The Morgan fingerprint density at radius 2 is 1.82 bits per heavy atom. The van der Waals surface area contributed by atoms with Crippen LogP contribution in [0.1, 0.15) is 22.5 Å². The predicted molar refractivity (Wildman–Crippen MR) is 112 cm³/mol. The number of amides is 1. The molecule has 5 nitrogen and oxygen atoms in total. The molecule has 0 aliphatic heterocycles. The normalized spacial score (nSPS) is 11.1. The van der Waals surface area contributed by atoms with Crippen LogP contribution in [0.5, 0.6) is 0 Å². The number of halogens is 1. The third-order valence-electron chi connectivity index (χ3n) is 4.77. The maximum Gasteiger partial charge on any atom is 0.256 e. The molecule has 0 aliphatic rings. The van der Waals surface area contributed by atoms with E-state index < -0.39 is 0 Å². The largest absolute Gasteiger partial charge is 0.352 e. The average molecular weight is 393 g/mol. The van der Waals surface area contributed by atoms with Crippen molar-refractivity contribution in [2.45, 2.75) is 19.9 Å². The number of benzene rings is 2. The molecule has 2 heterocycles. The summed E-state index contributed by atoms with van der Waals surface area (Å²) in [4.78, 5) is 12.6. The van der Waals surface area contributed by atoms with Gasteiger partial charge in [-0.2, -0.15) is 5.10 Å². The van der Waals surface area contributed by atoms with Crippen LogP contribution in [0.2, 0.25) is 5.15 Å². The first kappa shape index (κ1) is 18.3. The van der Waals surface area contributed by atoms with Crippen LogP contribution in [0.15, 0.2) is 66.9 Å². The molecule has 0 bridgehead atoms. The molecule has 0 radical (unpaired) electrons. The summed E-state index contributed by atoms with van der Waals surface area (Å²) in [5.41, 5.74) is 3.07. The summed E-state index contributed by atoms with van der Waals surface area (Å²) in [6.45, 7) is 3.20. The van der Waals surface area contributed by atoms with Gasteiger partial charge in [-0.1, -0.05) is 48.0 Å². The van der Waals surface area contributed by atoms with Crippen LogP contribution < -0.4 is 5.32 Å². The van der Waals surface area contributed by atoms with Gasteiger partial charge in [0.1, 0.15) is 5.15 Å². The van der Waals surface area contributed by atoms with Crippen LogP contribution in [0.25, 0.3) is 16.6 Å². The van der Waals surface area contributed by atoms with Crippen molar-refractivity contribution in [1.82, 2.24) is 19.7 Å². The van der Waals surface area contributed by atoms with E-state index in [-0.39, 0.29) is 5.91 Å². The van der Waals surface area contributed by atoms with Gasteiger partial charge >= 0.3 is 0 Å². The van der Waals surface area contributed by atoms with E-state index in [1.807, 2.05) is 42.5 Å². The van der Waals surface area contributed by atoms with Gasteiger partial charge in [0.2, 0.25) is 0 Å². The van der Waals surface area contributed by atoms with Crippen LogP contribution in [0, 0.1) is 6.92 Å². The van der Waals surface area contributed by atoms with Crippen LogP contribution >= 0.6 is 11.6 Å². The first-order chi connectivity index (χ1) is 13.6. The van der Waals surface area contributed by atoms with Crippen molar-refractivity contribution in [1.29, 1.82) is 0 Å². The second-order valence-electron chi connectivity index (χ2n) is 6.68. The molecule has 2 aromatic carbocycles. The number of para-hydroxylation sites is 2. The molecule has 1 amide bonds. The van der Waals surface area contributed by atoms with Crippen molar-refractivity contribution in [3.8, 4) is 5.69 Å². The highest BCUT2D eigenvalue weighted by molar-refractivity contribution is 6.33. The van der Waals surface area contributed by atoms with Gasteiger partial charge in [-0.25, -0.2) is 4.68 Å². The Hall–Kier alpha value is -3.05. The lowest BCUT2D eigenvalue weighted by atomic mass is 10.2. The molecule has 0 saturated heterocycles. The van der Waals surface area contributed by atoms with Crippen LogP contribution in [0.4, 0.5) is 0 Å². The van der Waals surface area contributed by atoms with Crippen molar-refractivity contribution in [3.05, 3.63) is 83.3 Å². The molecule has 4 rings (SSSR count). The molecule has 0 saturated carbocycles. The highest BCUT2D eigenvalue weighted by Gasteiger charge is 2.20. The summed E-state index contributed by atoms with van der Waals surface area (Å²) in [7, 11) is 0. The standard InChI is InChI=1S/C22H21ClN4O/c1-16-20(21(23)27(25-16)18-9-3-2-4-10-18)22(28)24-13-7-14-26-15-12-17-8-5-6-11-19(17)26/h2-6,8-12,15H,7,13-14H2,1H3,(H,24,28). The van der Waals surface area contributed by atoms with E-state index in [0.717, 1.165) is 18.7 Å². The summed E-state index contributed by atoms with van der Waals surface area (Å²) in [5.74, 6) is -0.193. The van der Waals surface area contributed by atoms with E-state index >= 15 is 0 Å². The number of hydrogen-bond acceptors (Lipinski definition) is 2. The molecule has 6 heteroatoms. The van der Waals surface area contributed by atoms with E-state index in [1.165, 1.54) is 10.9 Å². The molecular weight excluding hydrogens is 372 g/mol. The minimum atomic E-state index is -0.193. The van der Waals surface area contributed by atoms with Crippen molar-refractivity contribution in [2.24, 2.45) is 0 Å². The van der Waals surface area contributed by atoms with Crippen LogP contribution in [-0.4, -0.2) is 26.8 Å². The Morgan fingerprint density at radius 3 is 2.64 bits per heavy atom. The molecule has 0 fully saturated rings. The van der Waals surface area contributed by atoms with Crippen molar-refractivity contribution in [3.63, 3.8) is 0 Å². The van der Waals surface area contributed by atoms with Gasteiger partial charge in [-0.05, 0) is 43.0 Å². The van der Waals surface area contributed by atoms with Gasteiger partial charge in [0.25, 0.3) is 5.91 Å². The Bertz CT molecular complexity index is 1110. The van der Waals surface area contributed by atoms with E-state index in [0.29, 0.717) is 23.0 Å². The summed E-state index contributed by atoms with van der Waals surface area (Å²) in [5, 5.41) is 8.95. The molecular formula is C22H21ClN4O. The minimum absolute atomic E-state index is 0.193. The van der Waals surface area contributed by atoms with E-state index in [4.69, 9.17) is 11.6 Å². The molecule has 0 spiro atoms. The van der Waals surface area contributed by atoms with Gasteiger partial charge in [-0.3, -0.25) is 4.79 Å². The lowest BCUT2D eigenvalue weighted by molar-refractivity contribution is 0.0952. The highest BCUT2D eigenvalue weighted by atomic mass is 35.5. The van der Waals surface area contributed by atoms with Gasteiger partial charge in [0.05, 0.1) is 16.9 Å². The van der Waals surface area contributed by atoms with Gasteiger partial charge in [0, 0.05) is 24.8 Å². The maximum absolute atomic E-state index is 12.6. The fourth-order valence-electron chi connectivity index (χ4n) is 3.37. The van der Waals surface area contributed by atoms with Gasteiger partial charge in [-0.15, -0.1) is 0 Å². The zero-order valence-corrected chi connectivity index (χ0v) is 16.4. The van der Waals surface area contributed by atoms with Crippen LogP contribution in [-0.2, 0) is 6.54 Å². The third-order valence-corrected chi connectivity index (χ3v) is 5.12. The zero-order chi connectivity index (χ0) is 19.5. The molecule has 2 aromatic heterocycles.